The predicted octanol–water partition coefficient (Wildman–Crippen LogP) is 18.3. The van der Waals surface area contributed by atoms with Crippen molar-refractivity contribution in [1.82, 2.24) is 9.13 Å². The second-order valence-corrected chi connectivity index (χ2v) is 21.7. The van der Waals surface area contributed by atoms with Gasteiger partial charge < -0.3 is 9.13 Å². The highest BCUT2D eigenvalue weighted by molar-refractivity contribution is 6.12. The van der Waals surface area contributed by atoms with Crippen molar-refractivity contribution >= 4 is 43.6 Å². The van der Waals surface area contributed by atoms with Crippen molar-refractivity contribution in [3.63, 3.8) is 0 Å². The van der Waals surface area contributed by atoms with Crippen molar-refractivity contribution in [3.05, 3.63) is 242 Å². The molecule has 0 N–H and O–H groups in total. The Morgan fingerprint density at radius 1 is 0.278 bits per heavy atom. The zero-order chi connectivity index (χ0) is 47.1. The van der Waals surface area contributed by atoms with Gasteiger partial charge in [0.2, 0.25) is 0 Å². The third kappa shape index (κ3) is 5.78. The maximum atomic E-state index is 2.65. The summed E-state index contributed by atoms with van der Waals surface area (Å²) < 4.78 is 4.96. The third-order valence-electron chi connectivity index (χ3n) is 18.1. The third-order valence-corrected chi connectivity index (χ3v) is 18.1. The standard InChI is InChI=1S/C70H52N2/c1-3-14-46(15-4-1)48-18-13-19-54(39-48)71-66-24-11-8-21-59(66)61-31-26-49(41-68(61)71)50-27-32-62-60-22-9-12-25-67(60)72(69(62)42-50)55-29-33-56(63(43-55)47-16-5-2-6-17-47)51-28-30-58-57-20-7-10-23-64(57)70(65(58)40-51)52-35-44-34-45(37-52)38-53(70)36-44/h1-33,39-45,52-53H,34-38H2. The highest BCUT2D eigenvalue weighted by Crippen LogP contribution is 2.69. The molecule has 2 aromatic heterocycles. The second kappa shape index (κ2) is 15.4. The van der Waals surface area contributed by atoms with E-state index in [1.165, 1.54) is 137 Å². The molecular formula is C70H52N2. The summed E-state index contributed by atoms with van der Waals surface area (Å²) in [4.78, 5) is 0. The van der Waals surface area contributed by atoms with Crippen LogP contribution in [0.4, 0.5) is 0 Å². The van der Waals surface area contributed by atoms with Gasteiger partial charge in [0, 0.05) is 38.3 Å². The first-order valence-electron chi connectivity index (χ1n) is 26.3. The minimum Gasteiger partial charge on any atom is -0.309 e. The van der Waals surface area contributed by atoms with Gasteiger partial charge in [-0.05, 0) is 177 Å². The van der Waals surface area contributed by atoms with Crippen molar-refractivity contribution in [3.8, 4) is 67.0 Å². The van der Waals surface area contributed by atoms with Gasteiger partial charge in [-0.1, -0.05) is 176 Å². The van der Waals surface area contributed by atoms with Gasteiger partial charge in [0.15, 0.2) is 0 Å². The molecule has 12 aromatic rings. The van der Waals surface area contributed by atoms with Crippen LogP contribution in [-0.4, -0.2) is 9.13 Å². The van der Waals surface area contributed by atoms with Crippen molar-refractivity contribution in [2.45, 2.75) is 37.5 Å². The first-order valence-corrected chi connectivity index (χ1v) is 26.3. The smallest absolute Gasteiger partial charge is 0.0547 e. The van der Waals surface area contributed by atoms with Crippen LogP contribution in [0.3, 0.4) is 0 Å². The van der Waals surface area contributed by atoms with Crippen LogP contribution < -0.4 is 0 Å². The summed E-state index contributed by atoms with van der Waals surface area (Å²) >= 11 is 0. The highest BCUT2D eigenvalue weighted by atomic mass is 15.0. The Kier molecular flexibility index (Phi) is 8.67. The lowest BCUT2D eigenvalue weighted by atomic mass is 9.43. The van der Waals surface area contributed by atoms with Crippen LogP contribution >= 0.6 is 0 Å². The van der Waals surface area contributed by atoms with Gasteiger partial charge >= 0.3 is 0 Å². The quantitative estimate of drug-likeness (QED) is 0.157. The molecule has 5 aliphatic rings. The Hall–Kier alpha value is -8.20. The highest BCUT2D eigenvalue weighted by Gasteiger charge is 2.61. The van der Waals surface area contributed by atoms with Crippen LogP contribution in [0, 0.1) is 23.7 Å². The zero-order valence-corrected chi connectivity index (χ0v) is 40.2. The van der Waals surface area contributed by atoms with Gasteiger partial charge in [-0.3, -0.25) is 0 Å². The minimum atomic E-state index is 0.122. The molecule has 72 heavy (non-hydrogen) atoms. The Balaban J connectivity index is 0.857. The molecule has 2 heteroatoms. The number of fused-ring (bicyclic) bond motifs is 9. The molecule has 4 fully saturated rings. The van der Waals surface area contributed by atoms with E-state index in [1.54, 1.807) is 11.1 Å². The maximum Gasteiger partial charge on any atom is 0.0547 e. The Labute approximate surface area is 420 Å². The maximum absolute atomic E-state index is 2.65. The van der Waals surface area contributed by atoms with Gasteiger partial charge in [0.05, 0.1) is 22.1 Å². The van der Waals surface area contributed by atoms with Crippen LogP contribution in [0.15, 0.2) is 231 Å². The summed E-state index contributed by atoms with van der Waals surface area (Å²) in [6.45, 7) is 0. The average Bonchev–Trinajstić information content (AvgIpc) is 4.06. The van der Waals surface area contributed by atoms with Gasteiger partial charge in [-0.15, -0.1) is 0 Å². The Morgan fingerprint density at radius 3 is 1.44 bits per heavy atom. The van der Waals surface area contributed by atoms with Crippen molar-refractivity contribution in [1.29, 1.82) is 0 Å². The minimum absolute atomic E-state index is 0.122. The Bertz CT molecular complexity index is 4140. The van der Waals surface area contributed by atoms with E-state index in [9.17, 15) is 0 Å². The number of para-hydroxylation sites is 2. The summed E-state index contributed by atoms with van der Waals surface area (Å²) in [5.74, 6) is 3.28. The lowest BCUT2D eigenvalue weighted by molar-refractivity contribution is -0.0399. The Morgan fingerprint density at radius 2 is 0.778 bits per heavy atom. The monoisotopic (exact) mass is 920 g/mol. The van der Waals surface area contributed by atoms with Crippen molar-refractivity contribution in [2.24, 2.45) is 23.7 Å². The molecule has 0 amide bonds. The van der Waals surface area contributed by atoms with E-state index in [2.05, 4.69) is 240 Å². The molecule has 0 saturated heterocycles. The van der Waals surface area contributed by atoms with E-state index < -0.39 is 0 Å². The molecule has 0 atom stereocenters. The molecule has 2 heterocycles. The van der Waals surface area contributed by atoms with E-state index in [-0.39, 0.29) is 5.41 Å². The van der Waals surface area contributed by atoms with Crippen molar-refractivity contribution < 1.29 is 0 Å². The van der Waals surface area contributed by atoms with E-state index in [1.807, 2.05) is 0 Å². The van der Waals surface area contributed by atoms with E-state index in [0.29, 0.717) is 0 Å². The van der Waals surface area contributed by atoms with Crippen LogP contribution in [0.1, 0.15) is 43.2 Å². The molecular weight excluding hydrogens is 869 g/mol. The van der Waals surface area contributed by atoms with E-state index in [0.717, 1.165) is 29.4 Å². The van der Waals surface area contributed by atoms with Crippen LogP contribution in [0.5, 0.6) is 0 Å². The lowest BCUT2D eigenvalue weighted by Crippen LogP contribution is -2.55. The van der Waals surface area contributed by atoms with E-state index in [4.69, 9.17) is 0 Å². The first-order chi connectivity index (χ1) is 35.7. The largest absolute Gasteiger partial charge is 0.309 e. The molecule has 0 radical (unpaired) electrons. The average molecular weight is 921 g/mol. The van der Waals surface area contributed by atoms with Crippen LogP contribution in [0.25, 0.3) is 111 Å². The van der Waals surface area contributed by atoms with Gasteiger partial charge in [-0.2, -0.15) is 0 Å². The first kappa shape index (κ1) is 40.5. The lowest BCUT2D eigenvalue weighted by Gasteiger charge is -2.61. The number of rotatable bonds is 6. The zero-order valence-electron chi connectivity index (χ0n) is 40.2. The van der Waals surface area contributed by atoms with Gasteiger partial charge in [-0.25, -0.2) is 0 Å². The predicted molar refractivity (Wildman–Crippen MR) is 300 cm³/mol. The molecule has 1 spiro atoms. The molecule has 10 aromatic carbocycles. The molecule has 0 unspecified atom stereocenters. The van der Waals surface area contributed by atoms with Crippen molar-refractivity contribution in [2.75, 3.05) is 0 Å². The van der Waals surface area contributed by atoms with E-state index >= 15 is 0 Å². The normalized spacial score (nSPS) is 20.6. The number of hydrogen-bond acceptors (Lipinski definition) is 0. The molecule has 4 bridgehead atoms. The van der Waals surface area contributed by atoms with Crippen LogP contribution in [0.2, 0.25) is 0 Å². The summed E-state index contributed by atoms with van der Waals surface area (Å²) in [7, 11) is 0. The molecule has 5 aliphatic carbocycles. The molecule has 2 nitrogen and oxygen atoms in total. The summed E-state index contributed by atoms with van der Waals surface area (Å²) in [5.41, 5.74) is 23.4. The number of benzene rings is 10. The number of nitrogens with zero attached hydrogens (tertiary/aromatic N) is 2. The second-order valence-electron chi connectivity index (χ2n) is 21.7. The fraction of sp³-hybridized carbons (Fsp3) is 0.143. The number of aromatic nitrogens is 2. The fourth-order valence-electron chi connectivity index (χ4n) is 15.4. The molecule has 342 valence electrons. The summed E-state index contributed by atoms with van der Waals surface area (Å²) in [6, 6.07) is 87.1. The van der Waals surface area contributed by atoms with Gasteiger partial charge in [0.25, 0.3) is 0 Å². The van der Waals surface area contributed by atoms with Crippen LogP contribution in [-0.2, 0) is 5.41 Å². The SMILES string of the molecule is c1ccc(-c2cccc(-n3c4ccccc4c4ccc(-c5ccc6c7ccccc7n(-c7ccc(-c8ccc9c(c8)C8(c%10ccccc%10-9)C9CC%10CC(C9)CC8C%10)c(-c8ccccc8)c7)c6c5)cc43)c2)cc1. The number of hydrogen-bond donors (Lipinski definition) is 0. The summed E-state index contributed by atoms with van der Waals surface area (Å²) in [6.07, 6.45) is 7.01. The molecule has 17 rings (SSSR count). The fourth-order valence-corrected chi connectivity index (χ4v) is 15.4. The molecule has 0 aliphatic heterocycles. The van der Waals surface area contributed by atoms with Gasteiger partial charge in [0.1, 0.15) is 0 Å². The summed E-state index contributed by atoms with van der Waals surface area (Å²) in [5, 5.41) is 5.03. The molecule has 4 saturated carbocycles. The topological polar surface area (TPSA) is 9.86 Å².